The van der Waals surface area contributed by atoms with Gasteiger partial charge in [-0.3, -0.25) is 5.32 Å². The molecule has 0 aliphatic carbocycles. The summed E-state index contributed by atoms with van der Waals surface area (Å²) in [5.41, 5.74) is 4.30. The average molecular weight is 319 g/mol. The number of hydrogen-bond acceptors (Lipinski definition) is 3. The Labute approximate surface area is 144 Å². The molecule has 24 heavy (non-hydrogen) atoms. The Kier molecular flexibility index (Phi) is 4.37. The minimum Gasteiger partial charge on any atom is -0.372 e. The van der Waals surface area contributed by atoms with Crippen LogP contribution in [0.25, 0.3) is 6.08 Å². The van der Waals surface area contributed by atoms with Gasteiger partial charge in [0.2, 0.25) is 0 Å². The largest absolute Gasteiger partial charge is 0.372 e. The van der Waals surface area contributed by atoms with E-state index < -0.39 is 0 Å². The zero-order valence-electron chi connectivity index (χ0n) is 14.0. The van der Waals surface area contributed by atoms with Gasteiger partial charge in [0, 0.05) is 12.0 Å². The van der Waals surface area contributed by atoms with Gasteiger partial charge in [-0.05, 0) is 54.9 Å². The summed E-state index contributed by atoms with van der Waals surface area (Å²) in [6.07, 6.45) is 6.73. The molecule has 2 aromatic carbocycles. The van der Waals surface area contributed by atoms with E-state index in [0.29, 0.717) is 0 Å². The van der Waals surface area contributed by atoms with Gasteiger partial charge in [0.25, 0.3) is 0 Å². The third kappa shape index (κ3) is 2.97. The Morgan fingerprint density at radius 3 is 2.54 bits per heavy atom. The summed E-state index contributed by atoms with van der Waals surface area (Å²) in [6, 6.07) is 19.6. The van der Waals surface area contributed by atoms with Crippen molar-refractivity contribution in [3.8, 4) is 0 Å². The number of nitrogens with one attached hydrogen (secondary N) is 3. The molecule has 0 radical (unpaired) electrons. The molecule has 4 rings (SSSR count). The van der Waals surface area contributed by atoms with Gasteiger partial charge in [-0.15, -0.1) is 0 Å². The standard InChI is InChI=1S/C21H25N3/c1-2-7-18(8-3-1)21(11-14-22-15-12-21)16-24-20-19-9-5-4-6-17(19)10-13-23-20/h1-10,13,20,22-24H,11-12,14-16H2. The van der Waals surface area contributed by atoms with Crippen molar-refractivity contribution in [3.05, 3.63) is 77.5 Å². The lowest BCUT2D eigenvalue weighted by atomic mass is 9.73. The zero-order chi connectivity index (χ0) is 16.2. The maximum absolute atomic E-state index is 3.80. The van der Waals surface area contributed by atoms with Crippen molar-refractivity contribution in [1.82, 2.24) is 16.0 Å². The quantitative estimate of drug-likeness (QED) is 0.810. The third-order valence-corrected chi connectivity index (χ3v) is 5.42. The third-order valence-electron chi connectivity index (χ3n) is 5.42. The van der Waals surface area contributed by atoms with Crippen LogP contribution in [-0.4, -0.2) is 19.6 Å². The first-order chi connectivity index (χ1) is 11.9. The number of hydrogen-bond donors (Lipinski definition) is 3. The van der Waals surface area contributed by atoms with Crippen molar-refractivity contribution in [1.29, 1.82) is 0 Å². The molecule has 0 aromatic heterocycles. The molecule has 2 aliphatic rings. The lowest BCUT2D eigenvalue weighted by Crippen LogP contribution is -2.48. The fourth-order valence-electron chi connectivity index (χ4n) is 3.98. The molecule has 3 N–H and O–H groups in total. The fourth-order valence-corrected chi connectivity index (χ4v) is 3.98. The van der Waals surface area contributed by atoms with E-state index in [1.807, 2.05) is 0 Å². The highest BCUT2D eigenvalue weighted by atomic mass is 15.1. The van der Waals surface area contributed by atoms with E-state index >= 15 is 0 Å². The van der Waals surface area contributed by atoms with E-state index in [1.165, 1.54) is 29.5 Å². The Balaban J connectivity index is 1.55. The predicted octanol–water partition coefficient (Wildman–Crippen LogP) is 3.17. The molecule has 1 saturated heterocycles. The maximum Gasteiger partial charge on any atom is 0.103 e. The van der Waals surface area contributed by atoms with Crippen molar-refractivity contribution in [2.75, 3.05) is 19.6 Å². The lowest BCUT2D eigenvalue weighted by molar-refractivity contribution is 0.276. The topological polar surface area (TPSA) is 36.1 Å². The minimum absolute atomic E-state index is 0.182. The SMILES string of the molecule is C1=Cc2ccccc2C(NCC2(c3ccccc3)CCNCC2)N1. The van der Waals surface area contributed by atoms with E-state index in [-0.39, 0.29) is 11.6 Å². The molecule has 0 bridgehead atoms. The van der Waals surface area contributed by atoms with Crippen molar-refractivity contribution in [2.24, 2.45) is 0 Å². The van der Waals surface area contributed by atoms with Gasteiger partial charge in [0.05, 0.1) is 0 Å². The van der Waals surface area contributed by atoms with Crippen molar-refractivity contribution < 1.29 is 0 Å². The Morgan fingerprint density at radius 2 is 1.71 bits per heavy atom. The Hall–Kier alpha value is -2.10. The molecule has 0 saturated carbocycles. The van der Waals surface area contributed by atoms with E-state index in [1.54, 1.807) is 0 Å². The molecule has 3 heteroatoms. The van der Waals surface area contributed by atoms with Gasteiger partial charge in [-0.2, -0.15) is 0 Å². The smallest absolute Gasteiger partial charge is 0.103 e. The number of piperidine rings is 1. The van der Waals surface area contributed by atoms with Crippen LogP contribution in [0.1, 0.15) is 35.7 Å². The number of fused-ring (bicyclic) bond motifs is 1. The number of benzene rings is 2. The highest BCUT2D eigenvalue weighted by Crippen LogP contribution is 2.33. The van der Waals surface area contributed by atoms with Crippen LogP contribution in [-0.2, 0) is 5.41 Å². The molecular weight excluding hydrogens is 294 g/mol. The second kappa shape index (κ2) is 6.80. The normalized spacial score (nSPS) is 21.8. The summed E-state index contributed by atoms with van der Waals surface area (Å²) in [4.78, 5) is 0. The Morgan fingerprint density at radius 1 is 0.958 bits per heavy atom. The van der Waals surface area contributed by atoms with E-state index in [4.69, 9.17) is 0 Å². The van der Waals surface area contributed by atoms with Gasteiger partial charge < -0.3 is 10.6 Å². The van der Waals surface area contributed by atoms with Gasteiger partial charge in [0.1, 0.15) is 6.17 Å². The molecule has 1 atom stereocenters. The van der Waals surface area contributed by atoms with E-state index in [0.717, 1.165) is 19.6 Å². The molecule has 2 aromatic rings. The summed E-state index contributed by atoms with van der Waals surface area (Å²) in [6.45, 7) is 3.16. The Bertz CT molecular complexity index is 702. The van der Waals surface area contributed by atoms with Crippen LogP contribution in [0.15, 0.2) is 60.8 Å². The predicted molar refractivity (Wildman–Crippen MR) is 99.6 cm³/mol. The highest BCUT2D eigenvalue weighted by Gasteiger charge is 2.34. The monoisotopic (exact) mass is 319 g/mol. The van der Waals surface area contributed by atoms with Gasteiger partial charge in [-0.1, -0.05) is 54.6 Å². The first-order valence-corrected chi connectivity index (χ1v) is 8.89. The fraction of sp³-hybridized carbons (Fsp3) is 0.333. The second-order valence-electron chi connectivity index (χ2n) is 6.84. The van der Waals surface area contributed by atoms with Crippen molar-refractivity contribution in [2.45, 2.75) is 24.4 Å². The first-order valence-electron chi connectivity index (χ1n) is 8.89. The summed E-state index contributed by atoms with van der Waals surface area (Å²) in [7, 11) is 0. The van der Waals surface area contributed by atoms with Gasteiger partial charge in [0.15, 0.2) is 0 Å². The molecule has 124 valence electrons. The summed E-state index contributed by atoms with van der Waals surface area (Å²) >= 11 is 0. The summed E-state index contributed by atoms with van der Waals surface area (Å²) in [5.74, 6) is 0. The van der Waals surface area contributed by atoms with Crippen LogP contribution in [0.3, 0.4) is 0 Å². The minimum atomic E-state index is 0.182. The van der Waals surface area contributed by atoms with E-state index in [9.17, 15) is 0 Å². The van der Waals surface area contributed by atoms with Crippen LogP contribution >= 0.6 is 0 Å². The molecule has 3 nitrogen and oxygen atoms in total. The van der Waals surface area contributed by atoms with E-state index in [2.05, 4.69) is 82.8 Å². The van der Waals surface area contributed by atoms with Crippen molar-refractivity contribution in [3.63, 3.8) is 0 Å². The molecule has 1 fully saturated rings. The zero-order valence-corrected chi connectivity index (χ0v) is 14.0. The van der Waals surface area contributed by atoms with Crippen molar-refractivity contribution >= 4 is 6.08 Å². The summed E-state index contributed by atoms with van der Waals surface area (Å²) < 4.78 is 0. The maximum atomic E-state index is 3.80. The second-order valence-corrected chi connectivity index (χ2v) is 6.84. The van der Waals surface area contributed by atoms with Crippen LogP contribution in [0.2, 0.25) is 0 Å². The molecule has 0 amide bonds. The molecular formula is C21H25N3. The van der Waals surface area contributed by atoms with Crippen LogP contribution in [0.5, 0.6) is 0 Å². The molecule has 0 spiro atoms. The molecule has 1 unspecified atom stereocenters. The summed E-state index contributed by atoms with van der Waals surface area (Å²) in [5, 5.41) is 10.8. The van der Waals surface area contributed by atoms with Crippen LogP contribution < -0.4 is 16.0 Å². The number of rotatable bonds is 4. The van der Waals surface area contributed by atoms with Crippen LogP contribution in [0, 0.1) is 0 Å². The highest BCUT2D eigenvalue weighted by molar-refractivity contribution is 5.56. The lowest BCUT2D eigenvalue weighted by Gasteiger charge is -2.40. The van der Waals surface area contributed by atoms with Crippen LogP contribution in [0.4, 0.5) is 0 Å². The van der Waals surface area contributed by atoms with Gasteiger partial charge in [-0.25, -0.2) is 0 Å². The molecule has 2 heterocycles. The first kappa shape index (κ1) is 15.4. The average Bonchev–Trinajstić information content (AvgIpc) is 2.68. The van der Waals surface area contributed by atoms with Gasteiger partial charge >= 0.3 is 0 Å². The molecule has 2 aliphatic heterocycles.